The maximum absolute atomic E-state index is 4.77. The smallest absolute Gasteiger partial charge is 0.0862 e. The fourth-order valence-electron chi connectivity index (χ4n) is 0.770. The van der Waals surface area contributed by atoms with Gasteiger partial charge in [0.05, 0.1) is 5.75 Å². The van der Waals surface area contributed by atoms with Crippen LogP contribution in [0.15, 0.2) is 24.3 Å². The Bertz CT molecular complexity index is 243. The molecular weight excluding hydrogens is 405 g/mol. The number of rotatable bonds is 2. The standard InChI is InChI=1S/C9H10NO.3Y/c1-10(2)8-5-4-6-9(7-8)11-3;;;/h4-7H,1-3H2;;;/q-3;;;. The molecule has 1 rings (SSSR count). The van der Waals surface area contributed by atoms with Crippen LogP contribution < -0.4 is 9.64 Å². The van der Waals surface area contributed by atoms with Gasteiger partial charge in [-0.25, -0.2) is 0 Å². The summed E-state index contributed by atoms with van der Waals surface area (Å²) < 4.78 is 4.77. The van der Waals surface area contributed by atoms with Gasteiger partial charge in [-0.1, -0.05) is 6.07 Å². The van der Waals surface area contributed by atoms with Crippen molar-refractivity contribution < 1.29 is 103 Å². The summed E-state index contributed by atoms with van der Waals surface area (Å²) in [4.78, 5) is 1.52. The Labute approximate surface area is 162 Å². The van der Waals surface area contributed by atoms with E-state index in [4.69, 9.17) is 4.74 Å². The summed E-state index contributed by atoms with van der Waals surface area (Å²) in [5.74, 6) is 0.708. The molecule has 0 heterocycles. The van der Waals surface area contributed by atoms with Crippen LogP contribution in [0.4, 0.5) is 5.69 Å². The summed E-state index contributed by atoms with van der Waals surface area (Å²) in [6.07, 6.45) is 0. The first-order chi connectivity index (χ1) is 5.24. The van der Waals surface area contributed by atoms with Crippen LogP contribution >= 0.6 is 0 Å². The number of anilines is 1. The van der Waals surface area contributed by atoms with Crippen molar-refractivity contribution in [3.8, 4) is 5.75 Å². The molecule has 0 aliphatic carbocycles. The molecule has 0 unspecified atom stereocenters. The second-order valence-corrected chi connectivity index (χ2v) is 2.18. The molecule has 69 valence electrons. The van der Waals surface area contributed by atoms with Gasteiger partial charge in [0.25, 0.3) is 0 Å². The molecule has 0 saturated heterocycles. The first-order valence-corrected chi connectivity index (χ1v) is 3.17. The van der Waals surface area contributed by atoms with Crippen LogP contribution in [-0.4, -0.2) is 0 Å². The topological polar surface area (TPSA) is 12.5 Å². The van der Waals surface area contributed by atoms with E-state index in [1.807, 2.05) is 24.3 Å². The maximum atomic E-state index is 4.77. The fourth-order valence-corrected chi connectivity index (χ4v) is 0.770. The molecule has 5 heteroatoms. The summed E-state index contributed by atoms with van der Waals surface area (Å²) in [7, 11) is 10.6. The predicted octanol–water partition coefficient (Wildman–Crippen LogP) is 2.24. The molecule has 0 saturated carbocycles. The van der Waals surface area contributed by atoms with Crippen molar-refractivity contribution in [3.05, 3.63) is 45.5 Å². The van der Waals surface area contributed by atoms with E-state index < -0.39 is 0 Å². The van der Waals surface area contributed by atoms with Gasteiger partial charge in [-0.2, -0.15) is 7.11 Å². The molecule has 0 N–H and O–H groups in total. The molecule has 0 aliphatic heterocycles. The van der Waals surface area contributed by atoms with Gasteiger partial charge in [0.1, 0.15) is 0 Å². The zero-order valence-corrected chi connectivity index (χ0v) is 16.5. The van der Waals surface area contributed by atoms with E-state index in [1.165, 1.54) is 4.90 Å². The minimum absolute atomic E-state index is 0. The third-order valence-electron chi connectivity index (χ3n) is 1.35. The zero-order valence-electron chi connectivity index (χ0n) is 8.02. The Balaban J connectivity index is -0.000000403. The first-order valence-electron chi connectivity index (χ1n) is 3.17. The van der Waals surface area contributed by atoms with E-state index in [0.29, 0.717) is 5.75 Å². The molecule has 0 fully saturated rings. The average molecular weight is 415 g/mol. The third-order valence-corrected chi connectivity index (χ3v) is 1.35. The normalized spacial score (nSPS) is 7.36. The molecule has 3 radical (unpaired) electrons. The summed E-state index contributed by atoms with van der Waals surface area (Å²) in [5.41, 5.74) is 0.895. The second kappa shape index (κ2) is 11.6. The van der Waals surface area contributed by atoms with Crippen molar-refractivity contribution in [3.63, 3.8) is 0 Å². The predicted molar refractivity (Wildman–Crippen MR) is 45.6 cm³/mol. The Kier molecular flexibility index (Phi) is 17.8. The molecule has 2 nitrogen and oxygen atoms in total. The van der Waals surface area contributed by atoms with Crippen LogP contribution in [0.2, 0.25) is 0 Å². The molecule has 0 amide bonds. The van der Waals surface area contributed by atoms with Crippen LogP contribution in [-0.2, 0) is 98.1 Å². The van der Waals surface area contributed by atoms with E-state index in [0.717, 1.165) is 5.69 Å². The van der Waals surface area contributed by atoms with Gasteiger partial charge in [0, 0.05) is 98.1 Å². The first kappa shape index (κ1) is 21.4. The van der Waals surface area contributed by atoms with Crippen LogP contribution in [0.25, 0.3) is 0 Å². The van der Waals surface area contributed by atoms with Gasteiger partial charge < -0.3 is 9.64 Å². The van der Waals surface area contributed by atoms with Gasteiger partial charge in [-0.05, 0) is 23.9 Å². The van der Waals surface area contributed by atoms with E-state index >= 15 is 0 Å². The van der Waals surface area contributed by atoms with Gasteiger partial charge in [0.2, 0.25) is 0 Å². The third kappa shape index (κ3) is 7.41. The van der Waals surface area contributed by atoms with Gasteiger partial charge in [-0.15, -0.1) is 0 Å². The van der Waals surface area contributed by atoms with E-state index in [1.54, 1.807) is 0 Å². The van der Waals surface area contributed by atoms with Crippen LogP contribution in [0, 0.1) is 21.2 Å². The van der Waals surface area contributed by atoms with Crippen LogP contribution in [0.5, 0.6) is 5.75 Å². The minimum atomic E-state index is 0. The van der Waals surface area contributed by atoms with Crippen LogP contribution in [0.1, 0.15) is 0 Å². The Morgan fingerprint density at radius 2 is 1.64 bits per heavy atom. The zero-order chi connectivity index (χ0) is 8.27. The molecule has 1 aromatic rings. The number of nitrogens with zero attached hydrogens (tertiary/aromatic N) is 1. The molecule has 0 bridgehead atoms. The molecule has 1 aromatic carbocycles. The Hall–Kier alpha value is 2.13. The maximum Gasteiger partial charge on any atom is 0.0862 e. The SMILES string of the molecule is [CH2-]Oc1cccc(N([CH2-])[CH2-])c1.[Y].[Y].[Y]. The number of hydrogen-bond acceptors (Lipinski definition) is 2. The van der Waals surface area contributed by atoms with Crippen molar-refractivity contribution in [2.24, 2.45) is 0 Å². The van der Waals surface area contributed by atoms with Gasteiger partial charge in [0.15, 0.2) is 0 Å². The largest absolute Gasteiger partial charge is 0.670 e. The van der Waals surface area contributed by atoms with E-state index in [-0.39, 0.29) is 98.1 Å². The minimum Gasteiger partial charge on any atom is -0.670 e. The van der Waals surface area contributed by atoms with Crippen molar-refractivity contribution in [1.29, 1.82) is 0 Å². The quantitative estimate of drug-likeness (QED) is 0.688. The number of benzene rings is 1. The number of ether oxygens (including phenoxy) is 1. The summed E-state index contributed by atoms with van der Waals surface area (Å²) in [5, 5.41) is 0. The second-order valence-electron chi connectivity index (χ2n) is 2.18. The fraction of sp³-hybridized carbons (Fsp3) is 0. The van der Waals surface area contributed by atoms with Crippen molar-refractivity contribution >= 4 is 5.69 Å². The number of hydrogen-bond donors (Lipinski definition) is 0. The molecule has 0 spiro atoms. The van der Waals surface area contributed by atoms with E-state index in [9.17, 15) is 0 Å². The molecule has 0 atom stereocenters. The molecule has 14 heavy (non-hydrogen) atoms. The van der Waals surface area contributed by atoms with Crippen molar-refractivity contribution in [2.45, 2.75) is 0 Å². The van der Waals surface area contributed by atoms with Crippen LogP contribution in [0.3, 0.4) is 0 Å². The average Bonchev–Trinajstić information content (AvgIpc) is 2.05. The molecular formula is C9H10NOY3-3. The molecule has 0 aromatic heterocycles. The summed E-state index contributed by atoms with van der Waals surface area (Å²) >= 11 is 0. The summed E-state index contributed by atoms with van der Waals surface area (Å²) in [6, 6.07) is 7.38. The molecule has 0 aliphatic rings. The van der Waals surface area contributed by atoms with E-state index in [2.05, 4.69) is 21.2 Å². The Morgan fingerprint density at radius 3 is 2.07 bits per heavy atom. The Morgan fingerprint density at radius 1 is 1.07 bits per heavy atom. The van der Waals surface area contributed by atoms with Gasteiger partial charge in [-0.3, -0.25) is 14.1 Å². The van der Waals surface area contributed by atoms with Crippen molar-refractivity contribution in [1.82, 2.24) is 0 Å². The monoisotopic (exact) mass is 415 g/mol. The summed E-state index contributed by atoms with van der Waals surface area (Å²) in [6.45, 7) is 0. The van der Waals surface area contributed by atoms with Crippen molar-refractivity contribution in [2.75, 3.05) is 4.90 Å². The van der Waals surface area contributed by atoms with Gasteiger partial charge >= 0.3 is 0 Å².